The van der Waals surface area contributed by atoms with E-state index in [0.29, 0.717) is 21.3 Å². The summed E-state index contributed by atoms with van der Waals surface area (Å²) >= 11 is 14.5. The van der Waals surface area contributed by atoms with Gasteiger partial charge in [-0.3, -0.25) is 4.79 Å². The Morgan fingerprint density at radius 2 is 1.92 bits per heavy atom. The van der Waals surface area contributed by atoms with Crippen LogP contribution in [0.2, 0.25) is 10.0 Å². The summed E-state index contributed by atoms with van der Waals surface area (Å²) in [6.45, 7) is 0. The van der Waals surface area contributed by atoms with Crippen LogP contribution in [-0.4, -0.2) is 11.1 Å². The van der Waals surface area contributed by atoms with Crippen LogP contribution in [0, 0.1) is 0 Å². The van der Waals surface area contributed by atoms with Gasteiger partial charge in [-0.05, 0) is 12.1 Å². The lowest BCUT2D eigenvalue weighted by Gasteiger charge is -2.04. The van der Waals surface area contributed by atoms with Gasteiger partial charge in [0.25, 0.3) is 0 Å². The molecule has 0 aliphatic heterocycles. The molecule has 0 saturated carbocycles. The van der Waals surface area contributed by atoms with Gasteiger partial charge in [-0.1, -0.05) is 39.1 Å². The zero-order chi connectivity index (χ0) is 10.0. The number of halogens is 3. The Kier molecular flexibility index (Phi) is 3.59. The number of hydrogen-bond donors (Lipinski definition) is 1. The highest BCUT2D eigenvalue weighted by molar-refractivity contribution is 9.09. The molecule has 70 valence electrons. The average Bonchev–Trinajstić information content (AvgIpc) is 2.10. The van der Waals surface area contributed by atoms with Crippen LogP contribution in [0.3, 0.4) is 0 Å². The summed E-state index contributed by atoms with van der Waals surface area (Å²) in [4.78, 5) is 11.3. The van der Waals surface area contributed by atoms with E-state index in [-0.39, 0.29) is 11.1 Å². The van der Waals surface area contributed by atoms with Crippen molar-refractivity contribution in [2.75, 3.05) is 11.1 Å². The predicted octanol–water partition coefficient (Wildman–Crippen LogP) is 3.15. The minimum atomic E-state index is -0.115. The lowest BCUT2D eigenvalue weighted by molar-refractivity contribution is 0.102. The Labute approximate surface area is 94.1 Å². The minimum Gasteiger partial charge on any atom is -0.398 e. The van der Waals surface area contributed by atoms with Crippen molar-refractivity contribution in [1.82, 2.24) is 0 Å². The largest absolute Gasteiger partial charge is 0.398 e. The fourth-order valence-electron chi connectivity index (χ4n) is 0.876. The zero-order valence-electron chi connectivity index (χ0n) is 6.48. The van der Waals surface area contributed by atoms with E-state index >= 15 is 0 Å². The van der Waals surface area contributed by atoms with Gasteiger partial charge >= 0.3 is 0 Å². The maximum absolute atomic E-state index is 11.3. The van der Waals surface area contributed by atoms with Gasteiger partial charge in [-0.25, -0.2) is 0 Å². The van der Waals surface area contributed by atoms with E-state index in [9.17, 15) is 4.79 Å². The molecule has 2 N–H and O–H groups in total. The molecule has 0 saturated heterocycles. The summed E-state index contributed by atoms with van der Waals surface area (Å²) in [6, 6.07) is 2.95. The molecule has 0 amide bonds. The van der Waals surface area contributed by atoms with E-state index in [2.05, 4.69) is 15.9 Å². The van der Waals surface area contributed by atoms with Gasteiger partial charge < -0.3 is 5.73 Å². The van der Waals surface area contributed by atoms with Crippen LogP contribution < -0.4 is 5.73 Å². The zero-order valence-corrected chi connectivity index (χ0v) is 9.58. The summed E-state index contributed by atoms with van der Waals surface area (Å²) in [6.07, 6.45) is 0. The van der Waals surface area contributed by atoms with Crippen molar-refractivity contribution >= 4 is 50.6 Å². The summed E-state index contributed by atoms with van der Waals surface area (Å²) in [5.41, 5.74) is 6.32. The van der Waals surface area contributed by atoms with E-state index in [1.807, 2.05) is 0 Å². The molecule has 0 heterocycles. The molecule has 0 atom stereocenters. The van der Waals surface area contributed by atoms with E-state index < -0.39 is 0 Å². The molecule has 0 unspecified atom stereocenters. The van der Waals surface area contributed by atoms with Crippen molar-refractivity contribution in [1.29, 1.82) is 0 Å². The average molecular weight is 283 g/mol. The number of alkyl halides is 1. The summed E-state index contributed by atoms with van der Waals surface area (Å²) in [5, 5.41) is 0.903. The Bertz CT molecular complexity index is 354. The first-order valence-electron chi connectivity index (χ1n) is 3.40. The number of carbonyl (C=O) groups is 1. The Hall–Kier alpha value is -0.250. The molecule has 1 aromatic rings. The van der Waals surface area contributed by atoms with Crippen LogP contribution >= 0.6 is 39.1 Å². The summed E-state index contributed by atoms with van der Waals surface area (Å²) < 4.78 is 0. The lowest BCUT2D eigenvalue weighted by atomic mass is 10.1. The molecule has 0 fully saturated rings. The second-order valence-corrected chi connectivity index (χ2v) is 3.79. The number of nitrogens with two attached hydrogens (primary N) is 1. The predicted molar refractivity (Wildman–Crippen MR) is 59.0 cm³/mol. The van der Waals surface area contributed by atoms with Crippen molar-refractivity contribution in [3.8, 4) is 0 Å². The molecule has 0 spiro atoms. The van der Waals surface area contributed by atoms with Gasteiger partial charge in [0.2, 0.25) is 0 Å². The first-order valence-corrected chi connectivity index (χ1v) is 5.27. The van der Waals surface area contributed by atoms with Gasteiger partial charge in [0.15, 0.2) is 5.78 Å². The molecule has 13 heavy (non-hydrogen) atoms. The number of hydrogen-bond acceptors (Lipinski definition) is 2. The van der Waals surface area contributed by atoms with Crippen molar-refractivity contribution in [2.24, 2.45) is 0 Å². The molecule has 5 heteroatoms. The molecule has 0 aromatic heterocycles. The molecular weight excluding hydrogens is 277 g/mol. The number of Topliss-reactive ketones (excluding diaryl/α,β-unsaturated/α-hetero) is 1. The molecule has 0 radical (unpaired) electrons. The van der Waals surface area contributed by atoms with Crippen LogP contribution in [0.4, 0.5) is 5.69 Å². The van der Waals surface area contributed by atoms with Crippen LogP contribution in [0.5, 0.6) is 0 Å². The van der Waals surface area contributed by atoms with E-state index in [1.54, 1.807) is 0 Å². The number of carbonyl (C=O) groups excluding carboxylic acids is 1. The van der Waals surface area contributed by atoms with Gasteiger partial charge in [-0.15, -0.1) is 0 Å². The molecule has 0 aliphatic carbocycles. The normalized spacial score (nSPS) is 10.1. The maximum Gasteiger partial charge on any atom is 0.175 e. The first-order chi connectivity index (χ1) is 6.06. The van der Waals surface area contributed by atoms with Gasteiger partial charge in [0.05, 0.1) is 15.4 Å². The highest BCUT2D eigenvalue weighted by Gasteiger charge is 2.10. The fraction of sp³-hybridized carbons (Fsp3) is 0.125. The van der Waals surface area contributed by atoms with Crippen LogP contribution in [0.1, 0.15) is 10.4 Å². The van der Waals surface area contributed by atoms with Crippen molar-refractivity contribution in [2.45, 2.75) is 0 Å². The topological polar surface area (TPSA) is 43.1 Å². The number of rotatable bonds is 2. The highest BCUT2D eigenvalue weighted by atomic mass is 79.9. The van der Waals surface area contributed by atoms with E-state index in [0.717, 1.165) is 0 Å². The van der Waals surface area contributed by atoms with Crippen LogP contribution in [0.25, 0.3) is 0 Å². The fourth-order valence-corrected chi connectivity index (χ4v) is 1.51. The number of anilines is 1. The van der Waals surface area contributed by atoms with Crippen LogP contribution in [0.15, 0.2) is 12.1 Å². The third-order valence-corrected chi connectivity index (χ3v) is 2.75. The van der Waals surface area contributed by atoms with E-state index in [1.165, 1.54) is 12.1 Å². The van der Waals surface area contributed by atoms with Crippen molar-refractivity contribution in [3.63, 3.8) is 0 Å². The van der Waals surface area contributed by atoms with Crippen molar-refractivity contribution < 1.29 is 4.79 Å². The SMILES string of the molecule is Nc1cc(Cl)c(Cl)cc1C(=O)CBr. The second-order valence-electron chi connectivity index (χ2n) is 2.41. The lowest BCUT2D eigenvalue weighted by Crippen LogP contribution is -2.04. The molecular formula is C8H6BrCl2NO. The van der Waals surface area contributed by atoms with Gasteiger partial charge in [0.1, 0.15) is 0 Å². The monoisotopic (exact) mass is 281 g/mol. The summed E-state index contributed by atoms with van der Waals surface area (Å²) in [7, 11) is 0. The van der Waals surface area contributed by atoms with Gasteiger partial charge in [0, 0.05) is 11.3 Å². The third kappa shape index (κ3) is 2.36. The quantitative estimate of drug-likeness (QED) is 0.514. The van der Waals surface area contributed by atoms with Crippen molar-refractivity contribution in [3.05, 3.63) is 27.7 Å². The maximum atomic E-state index is 11.3. The van der Waals surface area contributed by atoms with Gasteiger partial charge in [-0.2, -0.15) is 0 Å². The third-order valence-electron chi connectivity index (χ3n) is 1.51. The number of nitrogen functional groups attached to an aromatic ring is 1. The molecule has 1 aromatic carbocycles. The standard InChI is InChI=1S/C8H6BrCl2NO/c9-3-8(13)4-1-5(10)6(11)2-7(4)12/h1-2H,3,12H2. The summed E-state index contributed by atoms with van der Waals surface area (Å²) in [5.74, 6) is -0.115. The van der Waals surface area contributed by atoms with E-state index in [4.69, 9.17) is 28.9 Å². The number of ketones is 1. The first kappa shape index (κ1) is 10.8. The van der Waals surface area contributed by atoms with Crippen LogP contribution in [-0.2, 0) is 0 Å². The minimum absolute atomic E-state index is 0.115. The molecule has 2 nitrogen and oxygen atoms in total. The molecule has 0 bridgehead atoms. The smallest absolute Gasteiger partial charge is 0.175 e. The highest BCUT2D eigenvalue weighted by Crippen LogP contribution is 2.27. The Morgan fingerprint density at radius 1 is 1.38 bits per heavy atom. The second kappa shape index (κ2) is 4.31. The number of benzene rings is 1. The Morgan fingerprint density at radius 3 is 2.46 bits per heavy atom. The Balaban J connectivity index is 3.23. The molecule has 1 rings (SSSR count). The molecule has 0 aliphatic rings.